The third-order valence-corrected chi connectivity index (χ3v) is 5.43. The Morgan fingerprint density at radius 1 is 1.03 bits per heavy atom. The second kappa shape index (κ2) is 7.90. The molecule has 5 nitrogen and oxygen atoms in total. The maximum absolute atomic E-state index is 12.6. The largest absolute Gasteiger partial charge is 0.457 e. The minimum absolute atomic E-state index is 0.0403. The molecule has 0 unspecified atom stereocenters. The molecule has 0 radical (unpaired) electrons. The van der Waals surface area contributed by atoms with Crippen molar-refractivity contribution < 1.29 is 19.1 Å². The minimum Gasteiger partial charge on any atom is -0.457 e. The van der Waals surface area contributed by atoms with Gasteiger partial charge < -0.3 is 4.74 Å². The Kier molecular flexibility index (Phi) is 5.66. The predicted molar refractivity (Wildman–Crippen MR) is 116 cm³/mol. The molecular formula is C25H27NO4. The number of ether oxygens (including phenoxy) is 1. The number of carbonyl (C=O) groups excluding carboxylic acids is 3. The smallest absolute Gasteiger partial charge is 0.338 e. The van der Waals surface area contributed by atoms with Crippen LogP contribution in [-0.2, 0) is 16.8 Å². The number of imide groups is 1. The summed E-state index contributed by atoms with van der Waals surface area (Å²) in [4.78, 5) is 38.5. The van der Waals surface area contributed by atoms with Crippen molar-refractivity contribution in [3.8, 4) is 0 Å². The average Bonchev–Trinajstić information content (AvgIpc) is 2.91. The number of benzene rings is 2. The van der Waals surface area contributed by atoms with E-state index in [2.05, 4.69) is 39.5 Å². The highest BCUT2D eigenvalue weighted by Gasteiger charge is 2.35. The monoisotopic (exact) mass is 405 g/mol. The van der Waals surface area contributed by atoms with Gasteiger partial charge in [0.05, 0.1) is 16.7 Å². The summed E-state index contributed by atoms with van der Waals surface area (Å²) >= 11 is 0. The van der Waals surface area contributed by atoms with Crippen LogP contribution in [0.5, 0.6) is 0 Å². The molecule has 0 saturated carbocycles. The van der Waals surface area contributed by atoms with Gasteiger partial charge in [0.25, 0.3) is 11.8 Å². The first kappa shape index (κ1) is 21.5. The van der Waals surface area contributed by atoms with E-state index in [-0.39, 0.29) is 35.6 Å². The molecule has 0 bridgehead atoms. The number of amides is 2. The van der Waals surface area contributed by atoms with Gasteiger partial charge in [-0.05, 0) is 59.7 Å². The maximum Gasteiger partial charge on any atom is 0.338 e. The van der Waals surface area contributed by atoms with E-state index in [4.69, 9.17) is 4.74 Å². The number of hydrogen-bond acceptors (Lipinski definition) is 4. The van der Waals surface area contributed by atoms with Crippen LogP contribution < -0.4 is 0 Å². The van der Waals surface area contributed by atoms with Gasteiger partial charge in [-0.25, -0.2) is 4.79 Å². The number of fused-ring (bicyclic) bond motifs is 1. The first-order valence-electron chi connectivity index (χ1n) is 9.93. The van der Waals surface area contributed by atoms with Gasteiger partial charge in [0.15, 0.2) is 0 Å². The van der Waals surface area contributed by atoms with Crippen LogP contribution in [0.1, 0.15) is 74.1 Å². The molecule has 0 aromatic heterocycles. The third-order valence-electron chi connectivity index (χ3n) is 5.43. The maximum atomic E-state index is 12.6. The molecule has 0 fully saturated rings. The lowest BCUT2D eigenvalue weighted by molar-refractivity contribution is 0.0471. The van der Waals surface area contributed by atoms with Crippen molar-refractivity contribution in [2.75, 3.05) is 6.54 Å². The molecule has 2 aromatic rings. The molecule has 3 rings (SSSR count). The Morgan fingerprint density at radius 2 is 1.63 bits per heavy atom. The summed E-state index contributed by atoms with van der Waals surface area (Å²) in [6, 6.07) is 8.72. The lowest BCUT2D eigenvalue weighted by atomic mass is 9.84. The summed E-state index contributed by atoms with van der Waals surface area (Å²) in [7, 11) is 0. The van der Waals surface area contributed by atoms with E-state index < -0.39 is 11.9 Å². The van der Waals surface area contributed by atoms with Crippen LogP contribution in [-0.4, -0.2) is 29.2 Å². The third kappa shape index (κ3) is 3.92. The van der Waals surface area contributed by atoms with E-state index >= 15 is 0 Å². The van der Waals surface area contributed by atoms with Crippen LogP contribution in [0.15, 0.2) is 43.0 Å². The van der Waals surface area contributed by atoms with Gasteiger partial charge >= 0.3 is 5.97 Å². The first-order valence-corrected chi connectivity index (χ1v) is 9.93. The van der Waals surface area contributed by atoms with Crippen molar-refractivity contribution in [1.29, 1.82) is 0 Å². The molecule has 5 heteroatoms. The molecule has 0 aliphatic carbocycles. The summed E-state index contributed by atoms with van der Waals surface area (Å²) in [5.41, 5.74) is 5.15. The quantitative estimate of drug-likeness (QED) is 0.409. The van der Waals surface area contributed by atoms with Gasteiger partial charge in [0, 0.05) is 6.54 Å². The van der Waals surface area contributed by atoms with Crippen LogP contribution in [0.25, 0.3) is 0 Å². The molecule has 1 aliphatic heterocycles. The van der Waals surface area contributed by atoms with Gasteiger partial charge in [0.2, 0.25) is 0 Å². The van der Waals surface area contributed by atoms with Crippen molar-refractivity contribution in [2.24, 2.45) is 0 Å². The molecule has 30 heavy (non-hydrogen) atoms. The molecule has 2 amide bonds. The van der Waals surface area contributed by atoms with Gasteiger partial charge in [0.1, 0.15) is 6.61 Å². The zero-order valence-electron chi connectivity index (χ0n) is 18.2. The van der Waals surface area contributed by atoms with Crippen LogP contribution >= 0.6 is 0 Å². The highest BCUT2D eigenvalue weighted by atomic mass is 16.5. The fraction of sp³-hybridized carbons (Fsp3) is 0.320. The lowest BCUT2D eigenvalue weighted by Crippen LogP contribution is -2.29. The van der Waals surface area contributed by atoms with Gasteiger partial charge in [-0.15, -0.1) is 6.58 Å². The number of rotatable bonds is 5. The molecule has 0 saturated heterocycles. The molecule has 0 atom stereocenters. The summed E-state index contributed by atoms with van der Waals surface area (Å²) in [6.45, 7) is 14.4. The Morgan fingerprint density at radius 3 is 2.20 bits per heavy atom. The Bertz CT molecular complexity index is 1040. The molecule has 156 valence electrons. The molecule has 0 N–H and O–H groups in total. The number of carbonyl (C=O) groups is 3. The SMILES string of the molecule is C=CCN1C(=O)c2ccc(C(=O)OCc3c(C)cc(C(C)(C)C)cc3C)cc2C1=O. The molecule has 2 aromatic carbocycles. The van der Waals surface area contributed by atoms with Crippen LogP contribution in [0.2, 0.25) is 0 Å². The fourth-order valence-electron chi connectivity index (χ4n) is 3.59. The van der Waals surface area contributed by atoms with Gasteiger partial charge in [-0.2, -0.15) is 0 Å². The summed E-state index contributed by atoms with van der Waals surface area (Å²) in [5.74, 6) is -1.33. The van der Waals surface area contributed by atoms with E-state index in [1.54, 1.807) is 0 Å². The van der Waals surface area contributed by atoms with E-state index in [1.165, 1.54) is 29.8 Å². The second-order valence-electron chi connectivity index (χ2n) is 8.68. The molecule has 1 aliphatic rings. The van der Waals surface area contributed by atoms with E-state index in [9.17, 15) is 14.4 Å². The lowest BCUT2D eigenvalue weighted by Gasteiger charge is -2.22. The normalized spacial score (nSPS) is 13.4. The summed E-state index contributed by atoms with van der Waals surface area (Å²) in [6.07, 6.45) is 1.49. The highest BCUT2D eigenvalue weighted by Crippen LogP contribution is 2.28. The van der Waals surface area contributed by atoms with Crippen molar-refractivity contribution in [3.63, 3.8) is 0 Å². The van der Waals surface area contributed by atoms with Crippen molar-refractivity contribution in [2.45, 2.75) is 46.6 Å². The van der Waals surface area contributed by atoms with Gasteiger partial charge in [-0.1, -0.05) is 39.0 Å². The number of nitrogens with zero attached hydrogens (tertiary/aromatic N) is 1. The zero-order chi connectivity index (χ0) is 22.2. The van der Waals surface area contributed by atoms with Gasteiger partial charge in [-0.3, -0.25) is 14.5 Å². The van der Waals surface area contributed by atoms with Crippen LogP contribution in [0.3, 0.4) is 0 Å². The minimum atomic E-state index is -0.529. The van der Waals surface area contributed by atoms with Crippen molar-refractivity contribution in [3.05, 3.63) is 81.9 Å². The number of hydrogen-bond donors (Lipinski definition) is 0. The van der Waals surface area contributed by atoms with Crippen molar-refractivity contribution in [1.82, 2.24) is 4.90 Å². The van der Waals surface area contributed by atoms with Crippen molar-refractivity contribution >= 4 is 17.8 Å². The topological polar surface area (TPSA) is 63.7 Å². The second-order valence-corrected chi connectivity index (χ2v) is 8.68. The van der Waals surface area contributed by atoms with E-state index in [0.717, 1.165) is 21.6 Å². The Balaban J connectivity index is 1.78. The molecule has 1 heterocycles. The average molecular weight is 405 g/mol. The standard InChI is InChI=1S/C25H27NO4/c1-7-10-26-22(27)19-9-8-17(13-20(19)23(26)28)24(29)30-14-21-15(2)11-18(12-16(21)3)25(4,5)6/h7-9,11-13H,1,10,14H2,2-6H3. The molecule has 0 spiro atoms. The number of esters is 1. The Hall–Kier alpha value is -3.21. The van der Waals surface area contributed by atoms with E-state index in [0.29, 0.717) is 5.56 Å². The van der Waals surface area contributed by atoms with Crippen LogP contribution in [0.4, 0.5) is 0 Å². The van der Waals surface area contributed by atoms with Crippen LogP contribution in [0, 0.1) is 13.8 Å². The highest BCUT2D eigenvalue weighted by molar-refractivity contribution is 6.22. The van der Waals surface area contributed by atoms with E-state index in [1.807, 2.05) is 13.8 Å². The fourth-order valence-corrected chi connectivity index (χ4v) is 3.59. The Labute approximate surface area is 177 Å². The predicted octanol–water partition coefficient (Wildman–Crippen LogP) is 4.74. The zero-order valence-corrected chi connectivity index (χ0v) is 18.2. The summed E-state index contributed by atoms with van der Waals surface area (Å²) < 4.78 is 5.53. The molecular weight excluding hydrogens is 378 g/mol. The first-order chi connectivity index (χ1) is 14.0. The number of aryl methyl sites for hydroxylation is 2. The summed E-state index contributed by atoms with van der Waals surface area (Å²) in [5, 5.41) is 0.